The minimum absolute atomic E-state index is 0.0370. The molecule has 2 aliphatic heterocycles. The number of carbonyl (C=O) groups excluding carboxylic acids is 1. The van der Waals surface area contributed by atoms with Crippen molar-refractivity contribution in [2.75, 3.05) is 31.7 Å². The van der Waals surface area contributed by atoms with Crippen molar-refractivity contribution in [2.45, 2.75) is 31.9 Å². The van der Waals surface area contributed by atoms with Crippen LogP contribution in [0.15, 0.2) is 18.2 Å². The normalized spacial score (nSPS) is 23.3. The van der Waals surface area contributed by atoms with Crippen molar-refractivity contribution in [3.05, 3.63) is 29.3 Å². The number of aryl methyl sites for hydroxylation is 1. The molecular weight excluding hydrogens is 268 g/mol. The van der Waals surface area contributed by atoms with Gasteiger partial charge in [-0.05, 0) is 30.2 Å². The van der Waals surface area contributed by atoms with Crippen LogP contribution in [0.4, 0.5) is 5.69 Å². The Morgan fingerprint density at radius 1 is 1.38 bits per heavy atom. The Morgan fingerprint density at radius 3 is 3.05 bits per heavy atom. The Morgan fingerprint density at radius 2 is 2.29 bits per heavy atom. The first-order chi connectivity index (χ1) is 10.3. The maximum absolute atomic E-state index is 11.4. The predicted octanol–water partition coefficient (Wildman–Crippen LogP) is 1.64. The highest BCUT2D eigenvalue weighted by Gasteiger charge is 2.27. The molecule has 0 bridgehead atoms. The molecule has 0 aromatic heterocycles. The molecule has 2 heterocycles. The number of amides is 1. The fourth-order valence-corrected chi connectivity index (χ4v) is 2.98. The van der Waals surface area contributed by atoms with Crippen LogP contribution in [0.25, 0.3) is 0 Å². The Bertz CT molecular complexity index is 512. The number of ether oxygens (including phenoxy) is 2. The van der Waals surface area contributed by atoms with E-state index in [9.17, 15) is 4.79 Å². The summed E-state index contributed by atoms with van der Waals surface area (Å²) in [6.45, 7) is 4.90. The van der Waals surface area contributed by atoms with Crippen LogP contribution in [0, 0.1) is 0 Å². The van der Waals surface area contributed by atoms with E-state index in [0.717, 1.165) is 18.7 Å². The summed E-state index contributed by atoms with van der Waals surface area (Å²) in [4.78, 5) is 11.4. The molecule has 3 rings (SSSR count). The third kappa shape index (κ3) is 3.26. The van der Waals surface area contributed by atoms with Gasteiger partial charge in [-0.2, -0.15) is 0 Å². The van der Waals surface area contributed by atoms with Crippen molar-refractivity contribution in [2.24, 2.45) is 0 Å². The second-order valence-electron chi connectivity index (χ2n) is 5.48. The van der Waals surface area contributed by atoms with Crippen LogP contribution >= 0.6 is 0 Å². The summed E-state index contributed by atoms with van der Waals surface area (Å²) >= 11 is 0. The largest absolute Gasteiger partial charge is 0.376 e. The van der Waals surface area contributed by atoms with Gasteiger partial charge in [0.15, 0.2) is 0 Å². The van der Waals surface area contributed by atoms with E-state index in [1.54, 1.807) is 0 Å². The van der Waals surface area contributed by atoms with E-state index in [2.05, 4.69) is 29.7 Å². The fourth-order valence-electron chi connectivity index (χ4n) is 2.98. The zero-order chi connectivity index (χ0) is 14.7. The number of hydrogen-bond donors (Lipinski definition) is 2. The highest BCUT2D eigenvalue weighted by Crippen LogP contribution is 2.28. The molecule has 0 radical (unpaired) electrons. The lowest BCUT2D eigenvalue weighted by Crippen LogP contribution is -2.40. The number of benzene rings is 1. The van der Waals surface area contributed by atoms with Crippen LogP contribution in [0.2, 0.25) is 0 Å². The van der Waals surface area contributed by atoms with E-state index < -0.39 is 0 Å². The van der Waals surface area contributed by atoms with Crippen LogP contribution in [0.5, 0.6) is 0 Å². The average molecular weight is 290 g/mol. The molecule has 114 valence electrons. The Hall–Kier alpha value is -1.43. The monoisotopic (exact) mass is 290 g/mol. The van der Waals surface area contributed by atoms with Crippen LogP contribution < -0.4 is 10.6 Å². The maximum atomic E-state index is 11.4. The number of rotatable bonds is 4. The molecule has 1 fully saturated rings. The van der Waals surface area contributed by atoms with Crippen LogP contribution in [-0.2, 0) is 20.7 Å². The topological polar surface area (TPSA) is 59.6 Å². The highest BCUT2D eigenvalue weighted by atomic mass is 16.6. The van der Waals surface area contributed by atoms with Gasteiger partial charge in [-0.3, -0.25) is 4.79 Å². The van der Waals surface area contributed by atoms with Gasteiger partial charge in [-0.15, -0.1) is 0 Å². The van der Waals surface area contributed by atoms with E-state index >= 15 is 0 Å². The van der Waals surface area contributed by atoms with Crippen molar-refractivity contribution in [3.8, 4) is 0 Å². The van der Waals surface area contributed by atoms with Gasteiger partial charge in [0.05, 0.1) is 25.9 Å². The van der Waals surface area contributed by atoms with Gasteiger partial charge in [0.1, 0.15) is 6.10 Å². The van der Waals surface area contributed by atoms with E-state index in [4.69, 9.17) is 9.47 Å². The second-order valence-corrected chi connectivity index (χ2v) is 5.48. The summed E-state index contributed by atoms with van der Waals surface area (Å²) in [5, 5.41) is 6.41. The molecule has 0 saturated carbocycles. The number of carbonyl (C=O) groups is 1. The third-order valence-corrected chi connectivity index (χ3v) is 4.02. The van der Waals surface area contributed by atoms with E-state index in [-0.39, 0.29) is 18.1 Å². The lowest BCUT2D eigenvalue weighted by atomic mass is 9.94. The van der Waals surface area contributed by atoms with Crippen LogP contribution in [-0.4, -0.2) is 38.4 Å². The first kappa shape index (κ1) is 14.5. The number of fused-ring (bicyclic) bond motifs is 1. The minimum atomic E-state index is 0.0370. The average Bonchev–Trinajstić information content (AvgIpc) is 2.53. The molecule has 5 heteroatoms. The van der Waals surface area contributed by atoms with Crippen molar-refractivity contribution >= 4 is 11.6 Å². The molecule has 1 aromatic rings. The first-order valence-electron chi connectivity index (χ1n) is 7.63. The first-order valence-corrected chi connectivity index (χ1v) is 7.63. The molecular formula is C16H22N2O3. The maximum Gasteiger partial charge on any atom is 0.224 e. The SMILES string of the molecule is CCNC(c1ccc2c(c1)CCC(=O)N2)C1COCCO1. The zero-order valence-corrected chi connectivity index (χ0v) is 12.4. The standard InChI is InChI=1S/C16H22N2O3/c1-2-17-16(14-10-20-7-8-21-14)12-3-5-13-11(9-12)4-6-15(19)18-13/h3,5,9,14,16-17H,2,4,6-8,10H2,1H3,(H,18,19). The highest BCUT2D eigenvalue weighted by molar-refractivity contribution is 5.93. The third-order valence-electron chi connectivity index (χ3n) is 4.02. The van der Waals surface area contributed by atoms with Crippen molar-refractivity contribution < 1.29 is 14.3 Å². The Balaban J connectivity index is 1.83. The summed E-state index contributed by atoms with van der Waals surface area (Å²) in [6, 6.07) is 6.36. The van der Waals surface area contributed by atoms with Crippen molar-refractivity contribution in [1.82, 2.24) is 5.32 Å². The summed E-state index contributed by atoms with van der Waals surface area (Å²) in [7, 11) is 0. The van der Waals surface area contributed by atoms with Crippen LogP contribution in [0.1, 0.15) is 30.5 Å². The summed E-state index contributed by atoms with van der Waals surface area (Å²) < 4.78 is 11.4. The quantitative estimate of drug-likeness (QED) is 0.885. The van der Waals surface area contributed by atoms with E-state index in [1.807, 2.05) is 6.07 Å². The summed E-state index contributed by atoms with van der Waals surface area (Å²) in [6.07, 6.45) is 1.40. The molecule has 1 aromatic carbocycles. The van der Waals surface area contributed by atoms with E-state index in [0.29, 0.717) is 26.2 Å². The lowest BCUT2D eigenvalue weighted by molar-refractivity contribution is -0.116. The van der Waals surface area contributed by atoms with Gasteiger partial charge in [0.2, 0.25) is 5.91 Å². The number of anilines is 1. The van der Waals surface area contributed by atoms with Gasteiger partial charge in [-0.25, -0.2) is 0 Å². The number of likely N-dealkylation sites (N-methyl/N-ethyl adjacent to an activating group) is 1. The Labute approximate surface area is 125 Å². The lowest BCUT2D eigenvalue weighted by Gasteiger charge is -2.32. The van der Waals surface area contributed by atoms with Gasteiger partial charge in [0, 0.05) is 12.1 Å². The molecule has 2 atom stereocenters. The van der Waals surface area contributed by atoms with Crippen LogP contribution in [0.3, 0.4) is 0 Å². The van der Waals surface area contributed by atoms with Crippen molar-refractivity contribution in [3.63, 3.8) is 0 Å². The Kier molecular flexibility index (Phi) is 4.53. The fraction of sp³-hybridized carbons (Fsp3) is 0.562. The van der Waals surface area contributed by atoms with E-state index in [1.165, 1.54) is 11.1 Å². The van der Waals surface area contributed by atoms with Gasteiger partial charge in [0.25, 0.3) is 0 Å². The molecule has 2 N–H and O–H groups in total. The molecule has 1 amide bonds. The molecule has 2 unspecified atom stereocenters. The van der Waals surface area contributed by atoms with Gasteiger partial charge in [-0.1, -0.05) is 19.1 Å². The summed E-state index contributed by atoms with van der Waals surface area (Å²) in [5.41, 5.74) is 3.33. The smallest absolute Gasteiger partial charge is 0.224 e. The second kappa shape index (κ2) is 6.56. The number of nitrogens with one attached hydrogen (secondary N) is 2. The van der Waals surface area contributed by atoms with Gasteiger partial charge < -0.3 is 20.1 Å². The number of hydrogen-bond acceptors (Lipinski definition) is 4. The van der Waals surface area contributed by atoms with Crippen molar-refractivity contribution in [1.29, 1.82) is 0 Å². The molecule has 5 nitrogen and oxygen atoms in total. The summed E-state index contributed by atoms with van der Waals surface area (Å²) in [5.74, 6) is 0.0995. The molecule has 21 heavy (non-hydrogen) atoms. The molecule has 1 saturated heterocycles. The zero-order valence-electron chi connectivity index (χ0n) is 12.4. The molecule has 0 spiro atoms. The molecule has 2 aliphatic rings. The minimum Gasteiger partial charge on any atom is -0.376 e. The molecule has 0 aliphatic carbocycles. The van der Waals surface area contributed by atoms with Gasteiger partial charge >= 0.3 is 0 Å². The predicted molar refractivity (Wildman–Crippen MR) is 80.4 cm³/mol.